The van der Waals surface area contributed by atoms with E-state index in [0.717, 1.165) is 28.2 Å². The predicted octanol–water partition coefficient (Wildman–Crippen LogP) is 1.15. The Bertz CT molecular complexity index is 1120. The minimum absolute atomic E-state index is 0.0779. The zero-order valence-electron chi connectivity index (χ0n) is 16.2. The summed E-state index contributed by atoms with van der Waals surface area (Å²) in [6, 6.07) is 7.33. The van der Waals surface area contributed by atoms with Gasteiger partial charge in [0, 0.05) is 31.6 Å². The van der Waals surface area contributed by atoms with Gasteiger partial charge in [0.15, 0.2) is 0 Å². The molecular formula is C20H22N6O2. The Hall–Kier alpha value is -3.29. The fourth-order valence-corrected chi connectivity index (χ4v) is 3.68. The number of benzene rings is 1. The van der Waals surface area contributed by atoms with E-state index >= 15 is 0 Å². The lowest BCUT2D eigenvalue weighted by Gasteiger charge is -2.30. The third kappa shape index (κ3) is 3.11. The molecule has 0 bridgehead atoms. The molecule has 0 spiro atoms. The standard InChI is InChI=1S/C20H22N6O2/c1-13-14-6-4-5-7-15(14)20(28)26(23-13)11-18(27)25-9-8-16-17(10-25)21-12-22-19(16)24(2)3/h4-7,12H,8-11H2,1-3H3. The maximum Gasteiger partial charge on any atom is 0.275 e. The van der Waals surface area contributed by atoms with Crippen molar-refractivity contribution in [3.63, 3.8) is 0 Å². The first-order valence-corrected chi connectivity index (χ1v) is 9.20. The van der Waals surface area contributed by atoms with E-state index in [2.05, 4.69) is 15.1 Å². The lowest BCUT2D eigenvalue weighted by molar-refractivity contribution is -0.133. The molecule has 0 aliphatic carbocycles. The van der Waals surface area contributed by atoms with Crippen LogP contribution in [0.1, 0.15) is 17.0 Å². The van der Waals surface area contributed by atoms with Crippen LogP contribution in [0.3, 0.4) is 0 Å². The van der Waals surface area contributed by atoms with Crippen molar-refractivity contribution in [2.45, 2.75) is 26.4 Å². The van der Waals surface area contributed by atoms with Crippen molar-refractivity contribution in [1.29, 1.82) is 0 Å². The normalized spacial score (nSPS) is 13.5. The molecule has 0 fully saturated rings. The summed E-state index contributed by atoms with van der Waals surface area (Å²) in [5.41, 5.74) is 2.42. The van der Waals surface area contributed by atoms with Gasteiger partial charge in [-0.05, 0) is 19.4 Å². The maximum atomic E-state index is 12.9. The van der Waals surface area contributed by atoms with Gasteiger partial charge < -0.3 is 9.80 Å². The molecule has 28 heavy (non-hydrogen) atoms. The summed E-state index contributed by atoms with van der Waals surface area (Å²) in [6.07, 6.45) is 2.22. The van der Waals surface area contributed by atoms with Crippen LogP contribution in [0, 0.1) is 6.92 Å². The molecule has 0 atom stereocenters. The van der Waals surface area contributed by atoms with E-state index < -0.39 is 0 Å². The minimum atomic E-state index is -0.246. The molecule has 144 valence electrons. The van der Waals surface area contributed by atoms with Crippen LogP contribution in [0.5, 0.6) is 0 Å². The van der Waals surface area contributed by atoms with Gasteiger partial charge in [-0.3, -0.25) is 9.59 Å². The first kappa shape index (κ1) is 18.1. The number of carbonyl (C=O) groups is 1. The highest BCUT2D eigenvalue weighted by Crippen LogP contribution is 2.24. The summed E-state index contributed by atoms with van der Waals surface area (Å²) >= 11 is 0. The topological polar surface area (TPSA) is 84.2 Å². The zero-order chi connectivity index (χ0) is 19.8. The Morgan fingerprint density at radius 2 is 1.93 bits per heavy atom. The van der Waals surface area contributed by atoms with Crippen LogP contribution in [-0.2, 0) is 24.3 Å². The molecular weight excluding hydrogens is 356 g/mol. The highest BCUT2D eigenvalue weighted by Gasteiger charge is 2.25. The SMILES string of the molecule is Cc1nn(CC(=O)N2CCc3c(ncnc3N(C)C)C2)c(=O)c2ccccc12. The number of fused-ring (bicyclic) bond motifs is 2. The van der Waals surface area contributed by atoms with Gasteiger partial charge in [-0.25, -0.2) is 14.6 Å². The molecule has 3 heterocycles. The Kier molecular flexibility index (Phi) is 4.54. The van der Waals surface area contributed by atoms with E-state index in [0.29, 0.717) is 24.9 Å². The molecule has 3 aromatic rings. The number of hydrogen-bond donors (Lipinski definition) is 0. The van der Waals surface area contributed by atoms with Crippen molar-refractivity contribution in [2.75, 3.05) is 25.5 Å². The van der Waals surface area contributed by atoms with E-state index in [1.165, 1.54) is 11.0 Å². The average Bonchev–Trinajstić information content (AvgIpc) is 2.70. The smallest absolute Gasteiger partial charge is 0.275 e. The number of aryl methyl sites for hydroxylation is 1. The van der Waals surface area contributed by atoms with E-state index in [1.807, 2.05) is 44.1 Å². The molecule has 1 aliphatic heterocycles. The maximum absolute atomic E-state index is 12.9. The second kappa shape index (κ2) is 7.03. The number of rotatable bonds is 3. The molecule has 0 N–H and O–H groups in total. The highest BCUT2D eigenvalue weighted by atomic mass is 16.2. The van der Waals surface area contributed by atoms with Crippen molar-refractivity contribution in [2.24, 2.45) is 0 Å². The average molecular weight is 378 g/mol. The Labute approximate surface area is 162 Å². The van der Waals surface area contributed by atoms with Gasteiger partial charge in [-0.1, -0.05) is 18.2 Å². The van der Waals surface area contributed by atoms with E-state index in [1.54, 1.807) is 11.0 Å². The Morgan fingerprint density at radius 1 is 1.18 bits per heavy atom. The fraction of sp³-hybridized carbons (Fsp3) is 0.350. The van der Waals surface area contributed by atoms with Crippen LogP contribution >= 0.6 is 0 Å². The summed E-state index contributed by atoms with van der Waals surface area (Å²) in [5.74, 6) is 0.750. The third-order valence-corrected chi connectivity index (χ3v) is 5.10. The summed E-state index contributed by atoms with van der Waals surface area (Å²) < 4.78 is 1.26. The molecule has 1 aromatic carbocycles. The molecule has 8 nitrogen and oxygen atoms in total. The summed E-state index contributed by atoms with van der Waals surface area (Å²) in [5, 5.41) is 5.74. The first-order chi connectivity index (χ1) is 13.5. The summed E-state index contributed by atoms with van der Waals surface area (Å²) in [6.45, 7) is 2.76. The second-order valence-electron chi connectivity index (χ2n) is 7.18. The van der Waals surface area contributed by atoms with Gasteiger partial charge in [0.1, 0.15) is 18.7 Å². The highest BCUT2D eigenvalue weighted by molar-refractivity contribution is 5.83. The van der Waals surface area contributed by atoms with Gasteiger partial charge in [-0.15, -0.1) is 0 Å². The predicted molar refractivity (Wildman–Crippen MR) is 106 cm³/mol. The van der Waals surface area contributed by atoms with Crippen molar-refractivity contribution in [3.05, 3.63) is 57.9 Å². The van der Waals surface area contributed by atoms with Crippen LogP contribution in [0.4, 0.5) is 5.82 Å². The number of aromatic nitrogens is 4. The Morgan fingerprint density at radius 3 is 2.68 bits per heavy atom. The molecule has 1 aliphatic rings. The third-order valence-electron chi connectivity index (χ3n) is 5.10. The number of amides is 1. The van der Waals surface area contributed by atoms with Gasteiger partial charge >= 0.3 is 0 Å². The zero-order valence-corrected chi connectivity index (χ0v) is 16.2. The lowest BCUT2D eigenvalue weighted by atomic mass is 10.1. The molecule has 8 heteroatoms. The molecule has 4 rings (SSSR count). The monoisotopic (exact) mass is 378 g/mol. The van der Waals surface area contributed by atoms with Crippen LogP contribution in [0.15, 0.2) is 35.4 Å². The molecule has 0 saturated carbocycles. The molecule has 1 amide bonds. The summed E-state index contributed by atoms with van der Waals surface area (Å²) in [7, 11) is 3.89. The second-order valence-corrected chi connectivity index (χ2v) is 7.18. The van der Waals surface area contributed by atoms with E-state index in [4.69, 9.17) is 0 Å². The van der Waals surface area contributed by atoms with Gasteiger partial charge in [0.2, 0.25) is 5.91 Å². The van der Waals surface area contributed by atoms with Crippen molar-refractivity contribution in [3.8, 4) is 0 Å². The van der Waals surface area contributed by atoms with Crippen molar-refractivity contribution in [1.82, 2.24) is 24.6 Å². The van der Waals surface area contributed by atoms with Crippen LogP contribution in [0.2, 0.25) is 0 Å². The molecule has 2 aromatic heterocycles. The summed E-state index contributed by atoms with van der Waals surface area (Å²) in [4.78, 5) is 38.0. The van der Waals surface area contributed by atoms with Crippen LogP contribution < -0.4 is 10.5 Å². The van der Waals surface area contributed by atoms with E-state index in [-0.39, 0.29) is 18.0 Å². The largest absolute Gasteiger partial charge is 0.362 e. The van der Waals surface area contributed by atoms with Crippen molar-refractivity contribution >= 4 is 22.5 Å². The Balaban J connectivity index is 1.59. The number of nitrogens with zero attached hydrogens (tertiary/aromatic N) is 6. The molecule has 0 saturated heterocycles. The van der Waals surface area contributed by atoms with Crippen molar-refractivity contribution < 1.29 is 4.79 Å². The first-order valence-electron chi connectivity index (χ1n) is 9.20. The number of carbonyl (C=O) groups excluding carboxylic acids is 1. The van der Waals surface area contributed by atoms with Crippen LogP contribution in [0.25, 0.3) is 10.8 Å². The van der Waals surface area contributed by atoms with E-state index in [9.17, 15) is 9.59 Å². The molecule has 0 unspecified atom stereocenters. The lowest BCUT2D eigenvalue weighted by Crippen LogP contribution is -2.41. The van der Waals surface area contributed by atoms with Gasteiger partial charge in [-0.2, -0.15) is 5.10 Å². The molecule has 0 radical (unpaired) electrons. The number of anilines is 1. The fourth-order valence-electron chi connectivity index (χ4n) is 3.68. The van der Waals surface area contributed by atoms with Gasteiger partial charge in [0.25, 0.3) is 5.56 Å². The van der Waals surface area contributed by atoms with Crippen LogP contribution in [-0.4, -0.2) is 51.2 Å². The van der Waals surface area contributed by atoms with Gasteiger partial charge in [0.05, 0.1) is 23.3 Å². The minimum Gasteiger partial charge on any atom is -0.362 e. The quantitative estimate of drug-likeness (QED) is 0.680. The number of hydrogen-bond acceptors (Lipinski definition) is 6.